The van der Waals surface area contributed by atoms with Crippen molar-refractivity contribution in [3.05, 3.63) is 59.4 Å². The van der Waals surface area contributed by atoms with Crippen LogP contribution < -0.4 is 0 Å². The van der Waals surface area contributed by atoms with Crippen LogP contribution in [0.2, 0.25) is 0 Å². The third-order valence-corrected chi connectivity index (χ3v) is 3.35. The van der Waals surface area contributed by atoms with Gasteiger partial charge in [-0.05, 0) is 36.6 Å². The van der Waals surface area contributed by atoms with E-state index in [9.17, 15) is 13.2 Å². The third-order valence-electron chi connectivity index (χ3n) is 3.35. The summed E-state index contributed by atoms with van der Waals surface area (Å²) in [4.78, 5) is 0. The van der Waals surface area contributed by atoms with Crippen molar-refractivity contribution in [1.29, 1.82) is 0 Å². The second-order valence-electron chi connectivity index (χ2n) is 4.86. The Morgan fingerprint density at radius 3 is 2.25 bits per heavy atom. The Hall–Kier alpha value is -1.77. The van der Waals surface area contributed by atoms with E-state index in [4.69, 9.17) is 0 Å². The average molecular weight is 278 g/mol. The summed E-state index contributed by atoms with van der Waals surface area (Å²) in [6, 6.07) is 8.09. The van der Waals surface area contributed by atoms with Gasteiger partial charge in [-0.15, -0.1) is 0 Å². The summed E-state index contributed by atoms with van der Waals surface area (Å²) in [5, 5.41) is 0. The molecule has 0 bridgehead atoms. The predicted molar refractivity (Wildman–Crippen MR) is 75.0 cm³/mol. The highest BCUT2D eigenvalue weighted by Crippen LogP contribution is 2.28. The monoisotopic (exact) mass is 278 g/mol. The molecule has 0 amide bonds. The Balaban J connectivity index is 2.33. The number of unbranched alkanes of at least 4 members (excludes halogenated alkanes) is 2. The van der Waals surface area contributed by atoms with Gasteiger partial charge in [-0.2, -0.15) is 0 Å². The lowest BCUT2D eigenvalue weighted by Crippen LogP contribution is -1.96. The normalized spacial score (nSPS) is 10.8. The minimum absolute atomic E-state index is 0.0279. The first-order chi connectivity index (χ1) is 9.63. The standard InChI is InChI=1S/C17H17F3/c1-2-3-4-7-12-10-17(20)14(11-16(12)19)13-8-5-6-9-15(13)18/h5-6,8-11H,2-4,7H2,1H3. The molecular formula is C17H17F3. The first kappa shape index (κ1) is 14.6. The van der Waals surface area contributed by atoms with Gasteiger partial charge in [-0.25, -0.2) is 13.2 Å². The molecule has 0 aliphatic heterocycles. The highest BCUT2D eigenvalue weighted by Gasteiger charge is 2.14. The molecule has 0 radical (unpaired) electrons. The Labute approximate surface area is 117 Å². The molecule has 0 heterocycles. The van der Waals surface area contributed by atoms with E-state index in [1.54, 1.807) is 6.07 Å². The van der Waals surface area contributed by atoms with Crippen LogP contribution in [0.5, 0.6) is 0 Å². The van der Waals surface area contributed by atoms with E-state index in [-0.39, 0.29) is 11.1 Å². The molecule has 0 fully saturated rings. The van der Waals surface area contributed by atoms with Crippen LogP contribution >= 0.6 is 0 Å². The molecule has 0 N–H and O–H groups in total. The number of halogens is 3. The molecule has 0 aliphatic rings. The fraction of sp³-hybridized carbons (Fsp3) is 0.294. The molecule has 0 spiro atoms. The average Bonchev–Trinajstić information content (AvgIpc) is 2.43. The van der Waals surface area contributed by atoms with E-state index in [1.165, 1.54) is 24.3 Å². The van der Waals surface area contributed by atoms with E-state index >= 15 is 0 Å². The van der Waals surface area contributed by atoms with Crippen molar-refractivity contribution in [2.24, 2.45) is 0 Å². The van der Waals surface area contributed by atoms with Gasteiger partial charge in [-0.1, -0.05) is 38.0 Å². The van der Waals surface area contributed by atoms with Crippen LogP contribution in [0.1, 0.15) is 31.7 Å². The SMILES string of the molecule is CCCCCc1cc(F)c(-c2ccccc2F)cc1F. The van der Waals surface area contributed by atoms with Gasteiger partial charge in [0, 0.05) is 11.1 Å². The fourth-order valence-electron chi connectivity index (χ4n) is 2.23. The summed E-state index contributed by atoms with van der Waals surface area (Å²) in [6.45, 7) is 2.05. The van der Waals surface area contributed by atoms with Gasteiger partial charge in [0.25, 0.3) is 0 Å². The van der Waals surface area contributed by atoms with Gasteiger partial charge >= 0.3 is 0 Å². The topological polar surface area (TPSA) is 0 Å². The Kier molecular flexibility index (Phi) is 4.83. The van der Waals surface area contributed by atoms with Crippen LogP contribution in [-0.2, 0) is 6.42 Å². The maximum atomic E-state index is 14.1. The Bertz CT molecular complexity index is 591. The van der Waals surface area contributed by atoms with E-state index in [0.717, 1.165) is 25.3 Å². The molecule has 20 heavy (non-hydrogen) atoms. The highest BCUT2D eigenvalue weighted by atomic mass is 19.1. The molecule has 0 atom stereocenters. The Morgan fingerprint density at radius 2 is 1.55 bits per heavy atom. The summed E-state index contributed by atoms with van der Waals surface area (Å²) in [5.74, 6) is -1.60. The van der Waals surface area contributed by atoms with Crippen molar-refractivity contribution in [3.8, 4) is 11.1 Å². The molecule has 3 heteroatoms. The largest absolute Gasteiger partial charge is 0.207 e. The number of hydrogen-bond donors (Lipinski definition) is 0. The maximum Gasteiger partial charge on any atom is 0.131 e. The van der Waals surface area contributed by atoms with Gasteiger partial charge in [0.2, 0.25) is 0 Å². The number of rotatable bonds is 5. The predicted octanol–water partition coefficient (Wildman–Crippen LogP) is 5.50. The minimum Gasteiger partial charge on any atom is -0.207 e. The third kappa shape index (κ3) is 3.21. The van der Waals surface area contributed by atoms with Gasteiger partial charge in [0.05, 0.1) is 0 Å². The van der Waals surface area contributed by atoms with Crippen LogP contribution in [-0.4, -0.2) is 0 Å². The van der Waals surface area contributed by atoms with Gasteiger partial charge in [0.1, 0.15) is 17.5 Å². The van der Waals surface area contributed by atoms with Gasteiger partial charge in [0.15, 0.2) is 0 Å². The molecule has 2 rings (SSSR count). The second-order valence-corrected chi connectivity index (χ2v) is 4.86. The summed E-state index contributed by atoms with van der Waals surface area (Å²) in [7, 11) is 0. The summed E-state index contributed by atoms with van der Waals surface area (Å²) < 4.78 is 41.7. The fourth-order valence-corrected chi connectivity index (χ4v) is 2.23. The second kappa shape index (κ2) is 6.60. The maximum absolute atomic E-state index is 14.1. The number of hydrogen-bond acceptors (Lipinski definition) is 0. The van der Waals surface area contributed by atoms with Gasteiger partial charge < -0.3 is 0 Å². The van der Waals surface area contributed by atoms with Crippen molar-refractivity contribution in [3.63, 3.8) is 0 Å². The molecule has 106 valence electrons. The molecule has 0 saturated carbocycles. The number of aryl methyl sites for hydroxylation is 1. The summed E-state index contributed by atoms with van der Waals surface area (Å²) in [6.07, 6.45) is 3.34. The van der Waals surface area contributed by atoms with E-state index in [1.807, 2.05) is 0 Å². The molecule has 0 unspecified atom stereocenters. The quantitative estimate of drug-likeness (QED) is 0.633. The summed E-state index contributed by atoms with van der Waals surface area (Å²) >= 11 is 0. The van der Waals surface area contributed by atoms with Crippen LogP contribution in [0.25, 0.3) is 11.1 Å². The Morgan fingerprint density at radius 1 is 0.800 bits per heavy atom. The molecule has 2 aromatic carbocycles. The first-order valence-electron chi connectivity index (χ1n) is 6.86. The van der Waals surface area contributed by atoms with Crippen molar-refractivity contribution in [1.82, 2.24) is 0 Å². The zero-order valence-electron chi connectivity index (χ0n) is 11.4. The molecule has 0 aliphatic carbocycles. The van der Waals surface area contributed by atoms with Crippen molar-refractivity contribution in [2.75, 3.05) is 0 Å². The van der Waals surface area contributed by atoms with Crippen LogP contribution in [0, 0.1) is 17.5 Å². The molecule has 0 saturated heterocycles. The number of benzene rings is 2. The lowest BCUT2D eigenvalue weighted by atomic mass is 9.99. The van der Waals surface area contributed by atoms with Crippen LogP contribution in [0.4, 0.5) is 13.2 Å². The first-order valence-corrected chi connectivity index (χ1v) is 6.86. The molecule has 0 nitrogen and oxygen atoms in total. The van der Waals surface area contributed by atoms with Crippen LogP contribution in [0.3, 0.4) is 0 Å². The van der Waals surface area contributed by atoms with E-state index in [0.29, 0.717) is 12.0 Å². The lowest BCUT2D eigenvalue weighted by molar-refractivity contribution is 0.577. The van der Waals surface area contributed by atoms with Crippen molar-refractivity contribution >= 4 is 0 Å². The van der Waals surface area contributed by atoms with E-state index < -0.39 is 17.5 Å². The zero-order chi connectivity index (χ0) is 14.5. The van der Waals surface area contributed by atoms with Crippen molar-refractivity contribution < 1.29 is 13.2 Å². The minimum atomic E-state index is -0.581. The van der Waals surface area contributed by atoms with Crippen molar-refractivity contribution in [2.45, 2.75) is 32.6 Å². The smallest absolute Gasteiger partial charge is 0.131 e. The summed E-state index contributed by atoms with van der Waals surface area (Å²) in [5.41, 5.74) is 0.417. The molecule has 0 aromatic heterocycles. The van der Waals surface area contributed by atoms with Crippen LogP contribution in [0.15, 0.2) is 36.4 Å². The van der Waals surface area contributed by atoms with Gasteiger partial charge in [-0.3, -0.25) is 0 Å². The lowest BCUT2D eigenvalue weighted by Gasteiger charge is -2.09. The molecular weight excluding hydrogens is 261 g/mol. The zero-order valence-corrected chi connectivity index (χ0v) is 11.4. The highest BCUT2D eigenvalue weighted by molar-refractivity contribution is 5.65. The van der Waals surface area contributed by atoms with E-state index in [2.05, 4.69) is 6.92 Å². The molecule has 2 aromatic rings.